The summed E-state index contributed by atoms with van der Waals surface area (Å²) in [5.41, 5.74) is 1.08. The van der Waals surface area contributed by atoms with Crippen LogP contribution in [0.2, 0.25) is 0 Å². The highest BCUT2D eigenvalue weighted by molar-refractivity contribution is 7.22. The van der Waals surface area contributed by atoms with Gasteiger partial charge in [0.1, 0.15) is 0 Å². The van der Waals surface area contributed by atoms with Crippen LogP contribution in [0.5, 0.6) is 5.88 Å². The fraction of sp³-hybridized carbons (Fsp3) is 0.125. The smallest absolute Gasteiger partial charge is 0.335 e. The first-order chi connectivity index (χ1) is 11.6. The van der Waals surface area contributed by atoms with Crippen LogP contribution in [0, 0.1) is 0 Å². The number of carbonyl (C=O) groups excluding carboxylic acids is 1. The van der Waals surface area contributed by atoms with Gasteiger partial charge in [0.25, 0.3) is 5.91 Å². The Morgan fingerprint density at radius 1 is 1.25 bits per heavy atom. The Balaban J connectivity index is 1.82. The molecule has 0 atom stereocenters. The van der Waals surface area contributed by atoms with Gasteiger partial charge in [-0.25, -0.2) is 14.8 Å². The molecule has 0 saturated heterocycles. The van der Waals surface area contributed by atoms with E-state index >= 15 is 0 Å². The monoisotopic (exact) mass is 343 g/mol. The number of amides is 1. The molecule has 1 amide bonds. The van der Waals surface area contributed by atoms with E-state index in [9.17, 15) is 9.59 Å². The number of fused-ring (bicyclic) bond motifs is 1. The van der Waals surface area contributed by atoms with Gasteiger partial charge in [0, 0.05) is 17.8 Å². The lowest BCUT2D eigenvalue weighted by Crippen LogP contribution is -2.12. The number of carbonyl (C=O) groups is 2. The summed E-state index contributed by atoms with van der Waals surface area (Å²) in [6.45, 7) is 2.29. The minimum atomic E-state index is -1.02. The lowest BCUT2D eigenvalue weighted by molar-refractivity contribution is 0.0696. The van der Waals surface area contributed by atoms with E-state index in [0.717, 1.165) is 4.70 Å². The van der Waals surface area contributed by atoms with E-state index < -0.39 is 5.97 Å². The van der Waals surface area contributed by atoms with Crippen molar-refractivity contribution in [3.63, 3.8) is 0 Å². The number of nitrogens with zero attached hydrogens (tertiary/aromatic N) is 2. The van der Waals surface area contributed by atoms with Gasteiger partial charge in [0.15, 0.2) is 5.13 Å². The lowest BCUT2D eigenvalue weighted by Gasteiger charge is -2.04. The van der Waals surface area contributed by atoms with E-state index in [1.54, 1.807) is 18.2 Å². The number of rotatable bonds is 5. The maximum absolute atomic E-state index is 12.3. The molecule has 0 bridgehead atoms. The molecule has 2 heterocycles. The number of carboxylic acid groups (broad SMARTS) is 1. The van der Waals surface area contributed by atoms with Crippen molar-refractivity contribution in [3.05, 3.63) is 47.7 Å². The number of carboxylic acids is 1. The van der Waals surface area contributed by atoms with E-state index in [2.05, 4.69) is 15.3 Å². The van der Waals surface area contributed by atoms with Crippen molar-refractivity contribution in [2.45, 2.75) is 6.92 Å². The summed E-state index contributed by atoms with van der Waals surface area (Å²) in [4.78, 5) is 31.6. The molecule has 24 heavy (non-hydrogen) atoms. The summed E-state index contributed by atoms with van der Waals surface area (Å²) in [5, 5.41) is 12.1. The van der Waals surface area contributed by atoms with Crippen molar-refractivity contribution in [1.82, 2.24) is 9.97 Å². The number of thiazole rings is 1. The van der Waals surface area contributed by atoms with Gasteiger partial charge < -0.3 is 9.84 Å². The minimum Gasteiger partial charge on any atom is -0.478 e. The number of benzene rings is 1. The fourth-order valence-electron chi connectivity index (χ4n) is 2.06. The largest absolute Gasteiger partial charge is 0.478 e. The van der Waals surface area contributed by atoms with Gasteiger partial charge in [-0.3, -0.25) is 10.1 Å². The van der Waals surface area contributed by atoms with E-state index in [1.165, 1.54) is 29.7 Å². The predicted octanol–water partition coefficient (Wildman–Crippen LogP) is 3.04. The van der Waals surface area contributed by atoms with Crippen LogP contribution < -0.4 is 10.1 Å². The number of aromatic carboxylic acids is 1. The van der Waals surface area contributed by atoms with Crippen LogP contribution in [0.25, 0.3) is 10.2 Å². The number of ether oxygens (including phenoxy) is 1. The van der Waals surface area contributed by atoms with Gasteiger partial charge in [-0.2, -0.15) is 0 Å². The summed E-state index contributed by atoms with van der Waals surface area (Å²) in [6.07, 6.45) is 1.50. The number of hydrogen-bond donors (Lipinski definition) is 2. The molecule has 2 N–H and O–H groups in total. The second-order valence-corrected chi connectivity index (χ2v) is 5.81. The molecular formula is C16H13N3O4S. The molecule has 0 fully saturated rings. The number of nitrogens with one attached hydrogen (secondary N) is 1. The third-order valence-electron chi connectivity index (χ3n) is 3.14. The second kappa shape index (κ2) is 6.63. The minimum absolute atomic E-state index is 0.154. The summed E-state index contributed by atoms with van der Waals surface area (Å²) in [7, 11) is 0. The highest BCUT2D eigenvalue weighted by Crippen LogP contribution is 2.27. The molecule has 3 aromatic rings. The first-order valence-corrected chi connectivity index (χ1v) is 7.92. The molecule has 3 rings (SSSR count). The van der Waals surface area contributed by atoms with Crippen molar-refractivity contribution in [2.75, 3.05) is 11.9 Å². The Hall–Kier alpha value is -3.00. The molecule has 0 aliphatic carbocycles. The highest BCUT2D eigenvalue weighted by atomic mass is 32.1. The van der Waals surface area contributed by atoms with E-state index in [-0.39, 0.29) is 11.5 Å². The topological polar surface area (TPSA) is 101 Å². The molecule has 1 aromatic carbocycles. The van der Waals surface area contributed by atoms with Crippen molar-refractivity contribution in [2.24, 2.45) is 0 Å². The molecule has 8 heteroatoms. The number of aromatic nitrogens is 2. The Morgan fingerprint density at radius 2 is 2.08 bits per heavy atom. The van der Waals surface area contributed by atoms with Crippen LogP contribution in [0.1, 0.15) is 27.6 Å². The van der Waals surface area contributed by atoms with Gasteiger partial charge in [0.05, 0.1) is 22.4 Å². The summed E-state index contributed by atoms with van der Waals surface area (Å²) < 4.78 is 6.06. The van der Waals surface area contributed by atoms with Gasteiger partial charge in [-0.15, -0.1) is 0 Å². The van der Waals surface area contributed by atoms with Gasteiger partial charge in [-0.1, -0.05) is 11.3 Å². The molecule has 0 aliphatic rings. The molecule has 0 saturated carbocycles. The van der Waals surface area contributed by atoms with Crippen LogP contribution in [-0.4, -0.2) is 33.6 Å². The van der Waals surface area contributed by atoms with Crippen LogP contribution >= 0.6 is 11.3 Å². The molecule has 0 spiro atoms. The first-order valence-electron chi connectivity index (χ1n) is 7.11. The standard InChI is InChI=1S/C16H13N3O4S/c1-2-23-13-8-9(5-6-17-13)14(20)19-16-18-11-7-10(15(21)22)3-4-12(11)24-16/h3-8H,2H2,1H3,(H,21,22)(H,18,19,20). The lowest BCUT2D eigenvalue weighted by atomic mass is 10.2. The van der Waals surface area contributed by atoms with Crippen LogP contribution in [0.3, 0.4) is 0 Å². The normalized spacial score (nSPS) is 10.5. The van der Waals surface area contributed by atoms with Gasteiger partial charge in [0.2, 0.25) is 5.88 Å². The Kier molecular flexibility index (Phi) is 4.39. The predicted molar refractivity (Wildman–Crippen MR) is 89.9 cm³/mol. The SMILES string of the molecule is CCOc1cc(C(=O)Nc2nc3cc(C(=O)O)ccc3s2)ccn1. The van der Waals surface area contributed by atoms with Gasteiger partial charge in [-0.05, 0) is 31.2 Å². The molecule has 2 aromatic heterocycles. The third-order valence-corrected chi connectivity index (χ3v) is 4.10. The van der Waals surface area contributed by atoms with Crippen LogP contribution in [-0.2, 0) is 0 Å². The molecule has 0 unspecified atom stereocenters. The fourth-order valence-corrected chi connectivity index (χ4v) is 2.90. The van der Waals surface area contributed by atoms with Crippen molar-refractivity contribution < 1.29 is 19.4 Å². The Bertz CT molecular complexity index is 923. The van der Waals surface area contributed by atoms with E-state index in [0.29, 0.717) is 28.7 Å². The summed E-state index contributed by atoms with van der Waals surface area (Å²) in [6, 6.07) is 7.78. The van der Waals surface area contributed by atoms with E-state index in [4.69, 9.17) is 9.84 Å². The number of pyridine rings is 1. The quantitative estimate of drug-likeness (QED) is 0.738. The average molecular weight is 343 g/mol. The highest BCUT2D eigenvalue weighted by Gasteiger charge is 2.12. The van der Waals surface area contributed by atoms with Gasteiger partial charge >= 0.3 is 5.97 Å². The Labute approximate surface area is 140 Å². The van der Waals surface area contributed by atoms with Crippen LogP contribution in [0.15, 0.2) is 36.5 Å². The summed E-state index contributed by atoms with van der Waals surface area (Å²) >= 11 is 1.27. The van der Waals surface area contributed by atoms with Crippen molar-refractivity contribution in [3.8, 4) is 5.88 Å². The maximum Gasteiger partial charge on any atom is 0.335 e. The second-order valence-electron chi connectivity index (χ2n) is 4.78. The first kappa shape index (κ1) is 15.9. The Morgan fingerprint density at radius 3 is 2.83 bits per heavy atom. The van der Waals surface area contributed by atoms with Crippen molar-refractivity contribution in [1.29, 1.82) is 0 Å². The molecule has 7 nitrogen and oxygen atoms in total. The van der Waals surface area contributed by atoms with Crippen molar-refractivity contribution >= 4 is 38.6 Å². The zero-order valence-corrected chi connectivity index (χ0v) is 13.5. The molecular weight excluding hydrogens is 330 g/mol. The number of anilines is 1. The van der Waals surface area contributed by atoms with Crippen LogP contribution in [0.4, 0.5) is 5.13 Å². The average Bonchev–Trinajstić information content (AvgIpc) is 2.96. The number of hydrogen-bond acceptors (Lipinski definition) is 6. The third kappa shape index (κ3) is 3.33. The zero-order valence-electron chi connectivity index (χ0n) is 12.6. The molecule has 122 valence electrons. The molecule has 0 radical (unpaired) electrons. The maximum atomic E-state index is 12.3. The van der Waals surface area contributed by atoms with E-state index in [1.807, 2.05) is 6.92 Å². The summed E-state index contributed by atoms with van der Waals surface area (Å²) in [5.74, 6) is -0.979. The molecule has 0 aliphatic heterocycles. The zero-order chi connectivity index (χ0) is 17.1.